The van der Waals surface area contributed by atoms with Crippen molar-refractivity contribution in [2.24, 2.45) is 0 Å². The van der Waals surface area contributed by atoms with Crippen LogP contribution < -0.4 is 15.5 Å². The van der Waals surface area contributed by atoms with Gasteiger partial charge in [-0.15, -0.1) is 0 Å². The quantitative estimate of drug-likeness (QED) is 0.487. The van der Waals surface area contributed by atoms with Gasteiger partial charge in [0.2, 0.25) is 0 Å². The fourth-order valence-electron chi connectivity index (χ4n) is 5.18. The number of ether oxygens (including phenoxy) is 1. The van der Waals surface area contributed by atoms with E-state index in [-0.39, 0.29) is 18.1 Å². The van der Waals surface area contributed by atoms with Gasteiger partial charge in [-0.25, -0.2) is 19.4 Å². The summed E-state index contributed by atoms with van der Waals surface area (Å²) in [5.74, 6) is 1.29. The maximum atomic E-state index is 12.9. The van der Waals surface area contributed by atoms with Crippen LogP contribution in [0.25, 0.3) is 22.4 Å². The summed E-state index contributed by atoms with van der Waals surface area (Å²) >= 11 is 0. The minimum atomic E-state index is -4.20. The number of alkyl halides is 3. The van der Waals surface area contributed by atoms with E-state index < -0.39 is 12.7 Å². The van der Waals surface area contributed by atoms with Crippen LogP contribution in [-0.2, 0) is 4.74 Å². The Bertz CT molecular complexity index is 1310. The lowest BCUT2D eigenvalue weighted by atomic mass is 10.1. The van der Waals surface area contributed by atoms with Crippen LogP contribution in [0, 0.1) is 0 Å². The van der Waals surface area contributed by atoms with E-state index in [4.69, 9.17) is 14.7 Å². The lowest BCUT2D eigenvalue weighted by Crippen LogP contribution is -2.40. The third-order valence-corrected chi connectivity index (χ3v) is 7.36. The third kappa shape index (κ3) is 6.09. The van der Waals surface area contributed by atoms with Gasteiger partial charge >= 0.3 is 12.2 Å². The minimum absolute atomic E-state index is 0.0520. The number of benzene rings is 1. The average Bonchev–Trinajstić information content (AvgIpc) is 3.63. The van der Waals surface area contributed by atoms with Crippen molar-refractivity contribution in [1.82, 2.24) is 30.0 Å². The smallest absolute Gasteiger partial charge is 0.378 e. The van der Waals surface area contributed by atoms with Crippen molar-refractivity contribution < 1.29 is 22.7 Å². The molecule has 2 saturated heterocycles. The number of likely N-dealkylation sites (tertiary alicyclic amines) is 1. The number of anilines is 2. The Morgan fingerprint density at radius 2 is 1.72 bits per heavy atom. The van der Waals surface area contributed by atoms with E-state index in [1.807, 2.05) is 28.9 Å². The van der Waals surface area contributed by atoms with Gasteiger partial charge < -0.3 is 20.3 Å². The highest BCUT2D eigenvalue weighted by Crippen LogP contribution is 2.33. The van der Waals surface area contributed by atoms with Gasteiger partial charge in [0.15, 0.2) is 11.5 Å². The number of hydrogen-bond donors (Lipinski definition) is 2. The second-order valence-electron chi connectivity index (χ2n) is 10.4. The number of carbonyl (C=O) groups is 1. The lowest BCUT2D eigenvalue weighted by molar-refractivity contribution is -0.148. The molecule has 3 aromatic rings. The number of aromatic nitrogens is 4. The average molecular weight is 545 g/mol. The first kappa shape index (κ1) is 25.8. The molecule has 0 radical (unpaired) electrons. The summed E-state index contributed by atoms with van der Waals surface area (Å²) in [7, 11) is 0. The van der Waals surface area contributed by atoms with Crippen LogP contribution in [0.2, 0.25) is 0 Å². The van der Waals surface area contributed by atoms with E-state index in [1.165, 1.54) is 4.90 Å². The normalized spacial score (nSPS) is 19.4. The Balaban J connectivity index is 1.28. The first-order chi connectivity index (χ1) is 18.8. The highest BCUT2D eigenvalue weighted by atomic mass is 19.4. The molecule has 13 heteroatoms. The molecule has 1 saturated carbocycles. The molecule has 2 aromatic heterocycles. The van der Waals surface area contributed by atoms with Crippen molar-refractivity contribution in [3.05, 3.63) is 30.5 Å². The number of carbonyl (C=O) groups excluding carboxylic acids is 1. The van der Waals surface area contributed by atoms with E-state index in [1.54, 1.807) is 6.20 Å². The van der Waals surface area contributed by atoms with Gasteiger partial charge in [0.1, 0.15) is 5.82 Å². The van der Waals surface area contributed by atoms with E-state index in [2.05, 4.69) is 20.6 Å². The molecule has 208 valence electrons. The van der Waals surface area contributed by atoms with E-state index in [9.17, 15) is 18.0 Å². The summed E-state index contributed by atoms with van der Waals surface area (Å²) in [5.41, 5.74) is 2.12. The molecule has 1 aliphatic carbocycles. The zero-order valence-corrected chi connectivity index (χ0v) is 21.5. The van der Waals surface area contributed by atoms with E-state index >= 15 is 0 Å². The van der Waals surface area contributed by atoms with Gasteiger partial charge in [-0.2, -0.15) is 18.3 Å². The molecule has 2 amide bonds. The molecule has 6 rings (SSSR count). The molecule has 0 spiro atoms. The molecule has 3 aliphatic rings. The maximum absolute atomic E-state index is 12.9. The Kier molecular flexibility index (Phi) is 7.02. The molecule has 2 N–H and O–H groups in total. The van der Waals surface area contributed by atoms with Gasteiger partial charge in [0, 0.05) is 43.5 Å². The van der Waals surface area contributed by atoms with Gasteiger partial charge in [-0.05, 0) is 49.9 Å². The highest BCUT2D eigenvalue weighted by molar-refractivity contribution is 5.91. The molecule has 0 atom stereocenters. The molecule has 2 aliphatic heterocycles. The highest BCUT2D eigenvalue weighted by Gasteiger charge is 2.33. The van der Waals surface area contributed by atoms with Crippen LogP contribution in [0.5, 0.6) is 0 Å². The van der Waals surface area contributed by atoms with Crippen molar-refractivity contribution in [2.75, 3.05) is 56.2 Å². The van der Waals surface area contributed by atoms with Crippen molar-refractivity contribution in [1.29, 1.82) is 0 Å². The van der Waals surface area contributed by atoms with Gasteiger partial charge in [-0.1, -0.05) is 0 Å². The van der Waals surface area contributed by atoms with E-state index in [0.717, 1.165) is 29.6 Å². The number of morpholine rings is 1. The summed E-state index contributed by atoms with van der Waals surface area (Å²) < 4.78 is 46.0. The molecule has 4 heterocycles. The molecular weight excluding hydrogens is 513 g/mol. The molecule has 1 aromatic carbocycles. The maximum Gasteiger partial charge on any atom is 0.401 e. The summed E-state index contributed by atoms with van der Waals surface area (Å²) in [6, 6.07) is 7.37. The van der Waals surface area contributed by atoms with Crippen LogP contribution in [0.3, 0.4) is 0 Å². The van der Waals surface area contributed by atoms with Gasteiger partial charge in [0.05, 0.1) is 37.4 Å². The zero-order valence-electron chi connectivity index (χ0n) is 21.5. The zero-order chi connectivity index (χ0) is 27.0. The Labute approximate surface area is 223 Å². The van der Waals surface area contributed by atoms with Crippen molar-refractivity contribution in [3.63, 3.8) is 0 Å². The SMILES string of the molecule is O=C(Nc1ccc(-c2nc(N3CCOCC3)c3cnn(C4CCN(CC(F)(F)F)CC4)c3n2)cc1)NC1CC1. The molecule has 3 fully saturated rings. The molecule has 10 nitrogen and oxygen atoms in total. The molecule has 0 bridgehead atoms. The van der Waals surface area contributed by atoms with Crippen LogP contribution in [-0.4, -0.2) is 88.8 Å². The Hall–Kier alpha value is -3.45. The standard InChI is InChI=1S/C26H31F3N8O2/c27-26(28,29)16-35-9-7-20(8-10-35)37-24-21(15-30-37)23(36-11-13-39-14-12-36)33-22(34-24)17-1-3-18(4-2-17)31-25(38)32-19-5-6-19/h1-4,15,19-20H,5-14,16H2,(H2,31,32,38). The lowest BCUT2D eigenvalue weighted by Gasteiger charge is -2.32. The summed E-state index contributed by atoms with van der Waals surface area (Å²) in [6.45, 7) is 2.37. The number of piperidine rings is 1. The third-order valence-electron chi connectivity index (χ3n) is 7.36. The summed E-state index contributed by atoms with van der Waals surface area (Å²) in [4.78, 5) is 25.5. The predicted molar refractivity (Wildman–Crippen MR) is 140 cm³/mol. The summed E-state index contributed by atoms with van der Waals surface area (Å²) in [6.07, 6.45) is 0.705. The topological polar surface area (TPSA) is 100 Å². The van der Waals surface area contributed by atoms with Gasteiger partial charge in [-0.3, -0.25) is 4.90 Å². The number of fused-ring (bicyclic) bond motifs is 1. The number of nitrogens with zero attached hydrogens (tertiary/aromatic N) is 6. The number of urea groups is 1. The molecule has 39 heavy (non-hydrogen) atoms. The first-order valence-electron chi connectivity index (χ1n) is 13.4. The fraction of sp³-hybridized carbons (Fsp3) is 0.538. The van der Waals surface area contributed by atoms with Crippen LogP contribution in [0.4, 0.5) is 29.5 Å². The van der Waals surface area contributed by atoms with Crippen LogP contribution >= 0.6 is 0 Å². The monoisotopic (exact) mass is 544 g/mol. The van der Waals surface area contributed by atoms with Crippen molar-refractivity contribution in [3.8, 4) is 11.4 Å². The van der Waals surface area contributed by atoms with Gasteiger partial charge in [0.25, 0.3) is 0 Å². The number of halogens is 3. The number of rotatable bonds is 6. The van der Waals surface area contributed by atoms with E-state index in [0.29, 0.717) is 69.4 Å². The number of amides is 2. The number of hydrogen-bond acceptors (Lipinski definition) is 7. The largest absolute Gasteiger partial charge is 0.401 e. The van der Waals surface area contributed by atoms with Crippen molar-refractivity contribution >= 4 is 28.6 Å². The molecular formula is C26H31F3N8O2. The minimum Gasteiger partial charge on any atom is -0.378 e. The van der Waals surface area contributed by atoms with Crippen LogP contribution in [0.15, 0.2) is 30.5 Å². The first-order valence-corrected chi connectivity index (χ1v) is 13.4. The Morgan fingerprint density at radius 3 is 2.38 bits per heavy atom. The predicted octanol–water partition coefficient (Wildman–Crippen LogP) is 3.81. The number of nitrogens with one attached hydrogen (secondary N) is 2. The fourth-order valence-corrected chi connectivity index (χ4v) is 5.18. The Morgan fingerprint density at radius 1 is 1.00 bits per heavy atom. The second kappa shape index (κ2) is 10.6. The molecule has 0 unspecified atom stereocenters. The summed E-state index contributed by atoms with van der Waals surface area (Å²) in [5, 5.41) is 11.2. The second-order valence-corrected chi connectivity index (χ2v) is 10.4. The van der Waals surface area contributed by atoms with Crippen molar-refractivity contribution in [2.45, 2.75) is 43.9 Å². The van der Waals surface area contributed by atoms with Crippen LogP contribution in [0.1, 0.15) is 31.7 Å².